The van der Waals surface area contributed by atoms with Gasteiger partial charge in [0.2, 0.25) is 0 Å². The maximum absolute atomic E-state index is 14.1. The van der Waals surface area contributed by atoms with Crippen LogP contribution in [0.2, 0.25) is 0 Å². The molecule has 1 heterocycles. The molecule has 5 heteroatoms. The maximum atomic E-state index is 14.1. The quantitative estimate of drug-likeness (QED) is 0.623. The molecule has 1 aliphatic rings. The first-order valence-electron chi connectivity index (χ1n) is 7.19. The van der Waals surface area contributed by atoms with Crippen LogP contribution in [0.25, 0.3) is 5.57 Å². The van der Waals surface area contributed by atoms with Gasteiger partial charge in [0.15, 0.2) is 0 Å². The van der Waals surface area contributed by atoms with Gasteiger partial charge in [0, 0.05) is 28.8 Å². The smallest absolute Gasteiger partial charge is 0.331 e. The van der Waals surface area contributed by atoms with Crippen LogP contribution in [-0.4, -0.2) is 12.6 Å². The van der Waals surface area contributed by atoms with Crippen molar-refractivity contribution in [3.05, 3.63) is 70.8 Å². The minimum Gasteiger partial charge on any atom is -0.488 e. The van der Waals surface area contributed by atoms with Gasteiger partial charge >= 0.3 is 5.97 Å². The molecule has 23 heavy (non-hydrogen) atoms. The molecule has 0 atom stereocenters. The van der Waals surface area contributed by atoms with Crippen LogP contribution in [-0.2, 0) is 16.1 Å². The summed E-state index contributed by atoms with van der Waals surface area (Å²) in [7, 11) is 0. The Morgan fingerprint density at radius 2 is 2.09 bits per heavy atom. The van der Waals surface area contributed by atoms with Gasteiger partial charge in [-0.2, -0.15) is 0 Å². The fourth-order valence-corrected chi connectivity index (χ4v) is 2.55. The third kappa shape index (κ3) is 2.95. The molecular formula is C18H14F2O3. The van der Waals surface area contributed by atoms with Crippen molar-refractivity contribution >= 4 is 11.5 Å². The third-order valence-electron chi connectivity index (χ3n) is 3.56. The summed E-state index contributed by atoms with van der Waals surface area (Å²) in [5, 5.41) is 0. The van der Waals surface area contributed by atoms with E-state index in [2.05, 4.69) is 0 Å². The lowest BCUT2D eigenvalue weighted by molar-refractivity contribution is -0.137. The van der Waals surface area contributed by atoms with E-state index >= 15 is 0 Å². The summed E-state index contributed by atoms with van der Waals surface area (Å²) in [6.07, 6.45) is 1.28. The van der Waals surface area contributed by atoms with Crippen LogP contribution in [0.4, 0.5) is 8.78 Å². The highest BCUT2D eigenvalue weighted by atomic mass is 19.1. The van der Waals surface area contributed by atoms with Crippen molar-refractivity contribution in [2.24, 2.45) is 0 Å². The molecule has 0 radical (unpaired) electrons. The highest BCUT2D eigenvalue weighted by Crippen LogP contribution is 2.37. The van der Waals surface area contributed by atoms with Crippen molar-refractivity contribution in [1.29, 1.82) is 0 Å². The van der Waals surface area contributed by atoms with Crippen LogP contribution in [0.3, 0.4) is 0 Å². The Hall–Kier alpha value is -2.69. The zero-order valence-corrected chi connectivity index (χ0v) is 12.4. The van der Waals surface area contributed by atoms with E-state index in [1.807, 2.05) is 0 Å². The average molecular weight is 316 g/mol. The molecule has 0 bridgehead atoms. The number of fused-ring (bicyclic) bond motifs is 2. The largest absolute Gasteiger partial charge is 0.488 e. The van der Waals surface area contributed by atoms with E-state index in [-0.39, 0.29) is 19.0 Å². The molecule has 2 aromatic rings. The van der Waals surface area contributed by atoms with Crippen LogP contribution in [0.15, 0.2) is 42.5 Å². The van der Waals surface area contributed by atoms with Crippen LogP contribution < -0.4 is 4.74 Å². The molecule has 3 nitrogen and oxygen atoms in total. The number of hydrogen-bond donors (Lipinski definition) is 0. The van der Waals surface area contributed by atoms with Crippen LogP contribution in [0.1, 0.15) is 23.6 Å². The minimum absolute atomic E-state index is 0.0430. The molecule has 0 spiro atoms. The van der Waals surface area contributed by atoms with Crippen molar-refractivity contribution in [2.45, 2.75) is 13.5 Å². The summed E-state index contributed by atoms with van der Waals surface area (Å²) in [5.41, 5.74) is 1.82. The number of benzene rings is 2. The predicted octanol–water partition coefficient (Wildman–Crippen LogP) is 3.85. The van der Waals surface area contributed by atoms with Crippen molar-refractivity contribution < 1.29 is 23.0 Å². The topological polar surface area (TPSA) is 35.5 Å². The van der Waals surface area contributed by atoms with E-state index in [0.29, 0.717) is 22.3 Å². The predicted molar refractivity (Wildman–Crippen MR) is 80.8 cm³/mol. The Kier molecular flexibility index (Phi) is 4.10. The van der Waals surface area contributed by atoms with E-state index in [9.17, 15) is 13.6 Å². The van der Waals surface area contributed by atoms with Gasteiger partial charge in [-0.3, -0.25) is 0 Å². The van der Waals surface area contributed by atoms with E-state index in [0.717, 1.165) is 0 Å². The first-order chi connectivity index (χ1) is 11.1. The van der Waals surface area contributed by atoms with E-state index < -0.39 is 17.6 Å². The van der Waals surface area contributed by atoms with E-state index in [1.165, 1.54) is 30.3 Å². The molecule has 0 fully saturated rings. The lowest BCUT2D eigenvalue weighted by Gasteiger charge is -2.10. The Morgan fingerprint density at radius 3 is 2.87 bits per heavy atom. The summed E-state index contributed by atoms with van der Waals surface area (Å²) < 4.78 is 38.1. The standard InChI is InChI=1S/C18H14F2O3/c1-2-22-18(21)9-14-12-4-3-5-16(20)15(12)10-23-17-8-11(19)6-7-13(14)17/h3-9H,2,10H2,1H3/b14-9+. The van der Waals surface area contributed by atoms with Gasteiger partial charge in [-0.05, 0) is 30.7 Å². The summed E-state index contributed by atoms with van der Waals surface area (Å²) in [4.78, 5) is 11.9. The monoisotopic (exact) mass is 316 g/mol. The Bertz CT molecular complexity index is 797. The SMILES string of the molecule is CCOC(=O)/C=C1/c2ccc(F)cc2OCc2c(F)cccc21. The molecular weight excluding hydrogens is 302 g/mol. The van der Waals surface area contributed by atoms with Gasteiger partial charge in [-0.1, -0.05) is 12.1 Å². The van der Waals surface area contributed by atoms with Gasteiger partial charge in [-0.25, -0.2) is 13.6 Å². The fraction of sp³-hybridized carbons (Fsp3) is 0.167. The lowest BCUT2D eigenvalue weighted by atomic mass is 9.94. The van der Waals surface area contributed by atoms with Crippen LogP contribution in [0.5, 0.6) is 5.75 Å². The van der Waals surface area contributed by atoms with Gasteiger partial charge in [-0.15, -0.1) is 0 Å². The van der Waals surface area contributed by atoms with Gasteiger partial charge in [0.1, 0.15) is 24.0 Å². The Labute approximate surface area is 132 Å². The number of halogens is 2. The minimum atomic E-state index is -0.546. The summed E-state index contributed by atoms with van der Waals surface area (Å²) in [5.74, 6) is -1.19. The first-order valence-corrected chi connectivity index (χ1v) is 7.19. The second-order valence-electron chi connectivity index (χ2n) is 5.01. The number of rotatable bonds is 2. The van der Waals surface area contributed by atoms with E-state index in [1.54, 1.807) is 19.1 Å². The molecule has 0 aliphatic carbocycles. The summed E-state index contributed by atoms with van der Waals surface area (Å²) >= 11 is 0. The highest BCUT2D eigenvalue weighted by molar-refractivity contribution is 5.98. The van der Waals surface area contributed by atoms with Crippen LogP contribution >= 0.6 is 0 Å². The highest BCUT2D eigenvalue weighted by Gasteiger charge is 2.23. The fourth-order valence-electron chi connectivity index (χ4n) is 2.55. The number of carbonyl (C=O) groups excluding carboxylic acids is 1. The Balaban J connectivity index is 2.23. The third-order valence-corrected chi connectivity index (χ3v) is 3.56. The molecule has 0 amide bonds. The zero-order valence-electron chi connectivity index (χ0n) is 12.4. The van der Waals surface area contributed by atoms with Crippen LogP contribution in [0, 0.1) is 11.6 Å². The first kappa shape index (κ1) is 15.2. The number of carbonyl (C=O) groups is 1. The van der Waals surface area contributed by atoms with Crippen molar-refractivity contribution in [3.8, 4) is 5.75 Å². The molecule has 118 valence electrons. The number of ether oxygens (including phenoxy) is 2. The van der Waals surface area contributed by atoms with E-state index in [4.69, 9.17) is 9.47 Å². The lowest BCUT2D eigenvalue weighted by Crippen LogP contribution is -2.03. The zero-order chi connectivity index (χ0) is 16.4. The van der Waals surface area contributed by atoms with Gasteiger partial charge < -0.3 is 9.47 Å². The van der Waals surface area contributed by atoms with Crippen molar-refractivity contribution in [1.82, 2.24) is 0 Å². The molecule has 0 saturated carbocycles. The molecule has 0 saturated heterocycles. The maximum Gasteiger partial charge on any atom is 0.331 e. The van der Waals surface area contributed by atoms with Crippen molar-refractivity contribution in [3.63, 3.8) is 0 Å². The molecule has 0 N–H and O–H groups in total. The molecule has 0 aromatic heterocycles. The number of esters is 1. The average Bonchev–Trinajstić information content (AvgIpc) is 2.66. The number of hydrogen-bond acceptors (Lipinski definition) is 3. The summed E-state index contributed by atoms with van der Waals surface area (Å²) in [6.45, 7) is 1.88. The Morgan fingerprint density at radius 1 is 1.26 bits per heavy atom. The molecule has 3 rings (SSSR count). The second kappa shape index (κ2) is 6.20. The summed E-state index contributed by atoms with van der Waals surface area (Å²) in [6, 6.07) is 8.58. The normalized spacial score (nSPS) is 14.5. The van der Waals surface area contributed by atoms with Gasteiger partial charge in [0.05, 0.1) is 6.61 Å². The van der Waals surface area contributed by atoms with Gasteiger partial charge in [0.25, 0.3) is 0 Å². The van der Waals surface area contributed by atoms with Crippen molar-refractivity contribution in [2.75, 3.05) is 6.61 Å². The second-order valence-corrected chi connectivity index (χ2v) is 5.01. The molecule has 2 aromatic carbocycles. The molecule has 1 aliphatic heterocycles. The molecule has 0 unspecified atom stereocenters.